The van der Waals surface area contributed by atoms with Gasteiger partial charge < -0.3 is 10.1 Å². The fraction of sp³-hybridized carbons (Fsp3) is 0.167. The number of aryl methyl sites for hydroxylation is 1. The molecule has 0 fully saturated rings. The fourth-order valence-corrected chi connectivity index (χ4v) is 2.36. The van der Waals surface area contributed by atoms with Crippen molar-refractivity contribution in [2.75, 3.05) is 12.4 Å². The van der Waals surface area contributed by atoms with E-state index in [1.807, 2.05) is 42.6 Å². The van der Waals surface area contributed by atoms with Crippen LogP contribution in [0, 0.1) is 0 Å². The molecule has 116 valence electrons. The number of nitrogens with one attached hydrogen (secondary N) is 1. The van der Waals surface area contributed by atoms with Crippen LogP contribution >= 0.6 is 0 Å². The van der Waals surface area contributed by atoms with Crippen LogP contribution in [0.5, 0.6) is 0 Å². The molecule has 2 heterocycles. The third-order valence-corrected chi connectivity index (χ3v) is 3.63. The normalized spacial score (nSPS) is 10.5. The summed E-state index contributed by atoms with van der Waals surface area (Å²) in [6.45, 7) is 0. The average molecular weight is 307 g/mol. The summed E-state index contributed by atoms with van der Waals surface area (Å²) in [7, 11) is 1.40. The molecule has 5 nitrogen and oxygen atoms in total. The second kappa shape index (κ2) is 6.87. The van der Waals surface area contributed by atoms with E-state index >= 15 is 0 Å². The number of esters is 1. The highest BCUT2D eigenvalue weighted by molar-refractivity contribution is 5.92. The molecule has 5 heteroatoms. The molecule has 0 aliphatic rings. The fourth-order valence-electron chi connectivity index (χ4n) is 2.36. The maximum absolute atomic E-state index is 11.2. The Labute approximate surface area is 134 Å². The van der Waals surface area contributed by atoms with Gasteiger partial charge in [-0.05, 0) is 36.2 Å². The number of hydrogen-bond donors (Lipinski definition) is 1. The topological polar surface area (TPSA) is 64.1 Å². The van der Waals surface area contributed by atoms with Crippen molar-refractivity contribution in [2.45, 2.75) is 12.8 Å². The van der Waals surface area contributed by atoms with Crippen molar-refractivity contribution in [3.63, 3.8) is 0 Å². The van der Waals surface area contributed by atoms with Crippen LogP contribution in [0.4, 0.5) is 11.5 Å². The lowest BCUT2D eigenvalue weighted by molar-refractivity contribution is -0.140. The van der Waals surface area contributed by atoms with E-state index in [2.05, 4.69) is 20.0 Å². The van der Waals surface area contributed by atoms with Crippen molar-refractivity contribution in [3.8, 4) is 0 Å². The number of benzene rings is 1. The number of fused-ring (bicyclic) bond motifs is 1. The number of aromatic nitrogens is 2. The van der Waals surface area contributed by atoms with Gasteiger partial charge >= 0.3 is 5.97 Å². The van der Waals surface area contributed by atoms with Crippen molar-refractivity contribution >= 4 is 28.2 Å². The zero-order chi connectivity index (χ0) is 16.1. The van der Waals surface area contributed by atoms with Crippen molar-refractivity contribution in [1.29, 1.82) is 0 Å². The third kappa shape index (κ3) is 3.63. The van der Waals surface area contributed by atoms with Gasteiger partial charge in [0.05, 0.1) is 7.11 Å². The van der Waals surface area contributed by atoms with E-state index in [0.717, 1.165) is 27.8 Å². The van der Waals surface area contributed by atoms with Crippen LogP contribution in [0.25, 0.3) is 10.8 Å². The van der Waals surface area contributed by atoms with E-state index in [-0.39, 0.29) is 5.97 Å². The number of hydrogen-bond acceptors (Lipinski definition) is 5. The van der Waals surface area contributed by atoms with Crippen LogP contribution in [-0.4, -0.2) is 23.0 Å². The minimum atomic E-state index is -0.194. The number of methoxy groups -OCH3 is 1. The lowest BCUT2D eigenvalue weighted by atomic mass is 10.1. The maximum atomic E-state index is 11.2. The zero-order valence-electron chi connectivity index (χ0n) is 12.8. The third-order valence-electron chi connectivity index (χ3n) is 3.63. The van der Waals surface area contributed by atoms with E-state index in [9.17, 15) is 4.79 Å². The Morgan fingerprint density at radius 1 is 1.13 bits per heavy atom. The van der Waals surface area contributed by atoms with Gasteiger partial charge in [-0.1, -0.05) is 12.1 Å². The molecule has 0 saturated carbocycles. The lowest BCUT2D eigenvalue weighted by Gasteiger charge is -2.09. The quantitative estimate of drug-likeness (QED) is 0.731. The summed E-state index contributed by atoms with van der Waals surface area (Å²) in [5.74, 6) is 0.605. The number of anilines is 2. The van der Waals surface area contributed by atoms with Gasteiger partial charge in [-0.15, -0.1) is 0 Å². The Kier molecular flexibility index (Phi) is 4.47. The predicted octanol–water partition coefficient (Wildman–Crippen LogP) is 3.48. The summed E-state index contributed by atoms with van der Waals surface area (Å²) in [6.07, 6.45) is 6.40. The van der Waals surface area contributed by atoms with Crippen molar-refractivity contribution in [1.82, 2.24) is 9.97 Å². The molecule has 0 aliphatic heterocycles. The Balaban J connectivity index is 1.74. The molecule has 1 aromatic carbocycles. The van der Waals surface area contributed by atoms with Crippen molar-refractivity contribution in [3.05, 3.63) is 60.6 Å². The van der Waals surface area contributed by atoms with E-state index in [1.165, 1.54) is 7.11 Å². The van der Waals surface area contributed by atoms with E-state index in [1.54, 1.807) is 12.4 Å². The number of ether oxygens (including phenoxy) is 1. The number of carbonyl (C=O) groups is 1. The number of rotatable bonds is 5. The van der Waals surface area contributed by atoms with Gasteiger partial charge in [-0.3, -0.25) is 9.78 Å². The Bertz CT molecular complexity index is 811. The van der Waals surface area contributed by atoms with Gasteiger partial charge in [0.25, 0.3) is 0 Å². The van der Waals surface area contributed by atoms with Gasteiger partial charge in [0.2, 0.25) is 0 Å². The highest BCUT2D eigenvalue weighted by Crippen LogP contribution is 2.23. The Hall–Kier alpha value is -2.95. The van der Waals surface area contributed by atoms with Gasteiger partial charge in [-0.25, -0.2) is 4.98 Å². The van der Waals surface area contributed by atoms with Crippen LogP contribution in [0.1, 0.15) is 12.0 Å². The molecular weight excluding hydrogens is 290 g/mol. The van der Waals surface area contributed by atoms with Gasteiger partial charge in [0.15, 0.2) is 0 Å². The second-order valence-electron chi connectivity index (χ2n) is 5.15. The van der Waals surface area contributed by atoms with E-state index in [0.29, 0.717) is 12.8 Å². The SMILES string of the molecule is COC(=O)CCc1ccc(Nc2nccc3cnccc23)cc1. The molecule has 0 aliphatic carbocycles. The van der Waals surface area contributed by atoms with Crippen molar-refractivity contribution in [2.24, 2.45) is 0 Å². The molecule has 0 amide bonds. The standard InChI is InChI=1S/C18H17N3O2/c1-23-17(22)7-4-13-2-5-15(6-3-13)21-18-16-9-10-19-12-14(16)8-11-20-18/h2-3,5-6,8-12H,4,7H2,1H3,(H,20,21). The van der Waals surface area contributed by atoms with E-state index in [4.69, 9.17) is 0 Å². The smallest absolute Gasteiger partial charge is 0.305 e. The summed E-state index contributed by atoms with van der Waals surface area (Å²) in [6, 6.07) is 11.8. The molecule has 23 heavy (non-hydrogen) atoms. The first-order chi connectivity index (χ1) is 11.3. The monoisotopic (exact) mass is 307 g/mol. The van der Waals surface area contributed by atoms with Crippen LogP contribution in [0.15, 0.2) is 55.0 Å². The zero-order valence-corrected chi connectivity index (χ0v) is 12.8. The molecule has 0 spiro atoms. The maximum Gasteiger partial charge on any atom is 0.305 e. The second-order valence-corrected chi connectivity index (χ2v) is 5.15. The molecule has 0 atom stereocenters. The minimum absolute atomic E-state index is 0.194. The highest BCUT2D eigenvalue weighted by atomic mass is 16.5. The number of carbonyl (C=O) groups excluding carboxylic acids is 1. The minimum Gasteiger partial charge on any atom is -0.469 e. The first-order valence-electron chi connectivity index (χ1n) is 7.38. The number of nitrogens with zero attached hydrogens (tertiary/aromatic N) is 2. The largest absolute Gasteiger partial charge is 0.469 e. The predicted molar refractivity (Wildman–Crippen MR) is 89.6 cm³/mol. The molecule has 0 saturated heterocycles. The van der Waals surface area contributed by atoms with Crippen LogP contribution in [0.3, 0.4) is 0 Å². The molecule has 3 rings (SSSR count). The summed E-state index contributed by atoms with van der Waals surface area (Å²) >= 11 is 0. The first kappa shape index (κ1) is 15.0. The summed E-state index contributed by atoms with van der Waals surface area (Å²) in [4.78, 5) is 19.7. The lowest BCUT2D eigenvalue weighted by Crippen LogP contribution is -2.02. The summed E-state index contributed by atoms with van der Waals surface area (Å²) in [5.41, 5.74) is 2.04. The van der Waals surface area contributed by atoms with Crippen molar-refractivity contribution < 1.29 is 9.53 Å². The summed E-state index contributed by atoms with van der Waals surface area (Å²) in [5, 5.41) is 5.39. The molecule has 0 radical (unpaired) electrons. The molecule has 1 N–H and O–H groups in total. The van der Waals surface area contributed by atoms with Gasteiger partial charge in [0, 0.05) is 41.5 Å². The molecule has 0 bridgehead atoms. The van der Waals surface area contributed by atoms with Gasteiger partial charge in [-0.2, -0.15) is 0 Å². The van der Waals surface area contributed by atoms with Gasteiger partial charge in [0.1, 0.15) is 5.82 Å². The Morgan fingerprint density at radius 2 is 1.96 bits per heavy atom. The van der Waals surface area contributed by atoms with Crippen LogP contribution in [-0.2, 0) is 16.0 Å². The molecule has 0 unspecified atom stereocenters. The van der Waals surface area contributed by atoms with E-state index < -0.39 is 0 Å². The summed E-state index contributed by atoms with van der Waals surface area (Å²) < 4.78 is 4.65. The molecule has 2 aromatic heterocycles. The first-order valence-corrected chi connectivity index (χ1v) is 7.38. The number of pyridine rings is 2. The average Bonchev–Trinajstić information content (AvgIpc) is 2.61. The van der Waals surface area contributed by atoms with Crippen LogP contribution < -0.4 is 5.32 Å². The molecular formula is C18H17N3O2. The highest BCUT2D eigenvalue weighted by Gasteiger charge is 2.04. The Morgan fingerprint density at radius 3 is 2.74 bits per heavy atom. The molecule has 3 aromatic rings. The van der Waals surface area contributed by atoms with Crippen LogP contribution in [0.2, 0.25) is 0 Å².